The molecule has 2 rings (SSSR count). The van der Waals surface area contributed by atoms with Gasteiger partial charge in [0.05, 0.1) is 17.1 Å². The van der Waals surface area contributed by atoms with Gasteiger partial charge in [-0.3, -0.25) is 0 Å². The number of carbonyl (C=O) groups is 1. The number of carbonyl (C=O) groups excluding carboxylic acids is 1. The lowest BCUT2D eigenvalue weighted by molar-refractivity contribution is -0.146. The molecule has 1 aromatic rings. The van der Waals surface area contributed by atoms with E-state index in [2.05, 4.69) is 6.58 Å². The molecule has 0 amide bonds. The van der Waals surface area contributed by atoms with Gasteiger partial charge >= 0.3 is 5.97 Å². The van der Waals surface area contributed by atoms with E-state index in [1.807, 2.05) is 0 Å². The molecule has 0 bridgehead atoms. The van der Waals surface area contributed by atoms with E-state index in [-0.39, 0.29) is 23.9 Å². The minimum atomic E-state index is -3.31. The minimum Gasteiger partial charge on any atom is -0.482 e. The number of hydrogen-bond donors (Lipinski definition) is 1. The molecule has 1 heterocycles. The zero-order chi connectivity index (χ0) is 18.1. The molecule has 130 valence electrons. The molecule has 6 nitrogen and oxygen atoms in total. The second kappa shape index (κ2) is 6.41. The molecule has 1 N–H and O–H groups in total. The van der Waals surface area contributed by atoms with Crippen molar-refractivity contribution in [1.29, 1.82) is 0 Å². The summed E-state index contributed by atoms with van der Waals surface area (Å²) in [5.41, 5.74) is 0.660. The Hall–Kier alpha value is -2.12. The van der Waals surface area contributed by atoms with Crippen molar-refractivity contribution >= 4 is 21.4 Å². The summed E-state index contributed by atoms with van der Waals surface area (Å²) in [6, 6.07) is 6.17. The van der Waals surface area contributed by atoms with E-state index < -0.39 is 21.4 Å². The largest absolute Gasteiger partial charge is 0.482 e. The van der Waals surface area contributed by atoms with Crippen molar-refractivity contribution in [3.8, 4) is 0 Å². The zero-order valence-corrected chi connectivity index (χ0v) is 14.6. The van der Waals surface area contributed by atoms with E-state index in [1.165, 1.54) is 12.1 Å². The first-order valence-corrected chi connectivity index (χ1v) is 9.14. The number of cyclic esters (lactones) is 1. The lowest BCUT2D eigenvalue weighted by Gasteiger charge is -2.21. The Morgan fingerprint density at radius 1 is 1.29 bits per heavy atom. The third-order valence-electron chi connectivity index (χ3n) is 3.58. The molecular weight excluding hydrogens is 332 g/mol. The molecule has 0 unspecified atom stereocenters. The molecule has 0 saturated carbocycles. The Morgan fingerprint density at radius 2 is 1.88 bits per heavy atom. The third-order valence-corrected chi connectivity index (χ3v) is 4.71. The van der Waals surface area contributed by atoms with Crippen LogP contribution in [0.2, 0.25) is 0 Å². The van der Waals surface area contributed by atoms with E-state index in [1.54, 1.807) is 26.0 Å². The number of rotatable bonds is 6. The second-order valence-electron chi connectivity index (χ2n) is 6.10. The molecular formula is C17H20O6S. The van der Waals surface area contributed by atoms with Crippen LogP contribution < -0.4 is 0 Å². The molecule has 0 radical (unpaired) electrons. The molecule has 0 aliphatic carbocycles. The quantitative estimate of drug-likeness (QED) is 0.619. The number of aliphatic hydroxyl groups is 1. The first-order valence-electron chi connectivity index (χ1n) is 7.25. The lowest BCUT2D eigenvalue weighted by Crippen LogP contribution is -2.22. The summed E-state index contributed by atoms with van der Waals surface area (Å²) in [6.45, 7) is 6.81. The van der Waals surface area contributed by atoms with Crippen LogP contribution in [0.15, 0.2) is 47.1 Å². The summed E-state index contributed by atoms with van der Waals surface area (Å²) < 4.78 is 34.0. The summed E-state index contributed by atoms with van der Waals surface area (Å²) in [6.07, 6.45) is 1.13. The Morgan fingerprint density at radius 3 is 2.38 bits per heavy atom. The van der Waals surface area contributed by atoms with Gasteiger partial charge in [0, 0.05) is 6.26 Å². The average molecular weight is 352 g/mol. The fourth-order valence-corrected chi connectivity index (χ4v) is 3.03. The van der Waals surface area contributed by atoms with Crippen molar-refractivity contribution in [2.45, 2.75) is 24.3 Å². The maximum absolute atomic E-state index is 12.1. The van der Waals surface area contributed by atoms with Gasteiger partial charge in [-0.2, -0.15) is 0 Å². The first kappa shape index (κ1) is 18.2. The van der Waals surface area contributed by atoms with Crippen LogP contribution in [0, 0.1) is 0 Å². The van der Waals surface area contributed by atoms with Gasteiger partial charge in [0.15, 0.2) is 9.84 Å². The predicted octanol–water partition coefficient (Wildman–Crippen LogP) is 1.70. The van der Waals surface area contributed by atoms with Crippen LogP contribution in [0.1, 0.15) is 19.4 Å². The summed E-state index contributed by atoms with van der Waals surface area (Å²) in [4.78, 5) is 12.3. The van der Waals surface area contributed by atoms with Crippen LogP contribution in [-0.2, 0) is 24.1 Å². The minimum absolute atomic E-state index is 0.0120. The first-order chi connectivity index (χ1) is 11.1. The molecule has 0 spiro atoms. The highest BCUT2D eigenvalue weighted by Gasteiger charge is 2.42. The molecule has 0 fully saturated rings. The van der Waals surface area contributed by atoms with Crippen molar-refractivity contribution in [3.05, 3.63) is 47.7 Å². The number of benzene rings is 1. The fourth-order valence-electron chi connectivity index (χ4n) is 2.40. The predicted molar refractivity (Wildman–Crippen MR) is 88.8 cm³/mol. The van der Waals surface area contributed by atoms with Crippen molar-refractivity contribution in [1.82, 2.24) is 0 Å². The van der Waals surface area contributed by atoms with Crippen LogP contribution in [0.5, 0.6) is 0 Å². The molecule has 0 saturated heterocycles. The van der Waals surface area contributed by atoms with Gasteiger partial charge in [-0.1, -0.05) is 18.7 Å². The van der Waals surface area contributed by atoms with E-state index >= 15 is 0 Å². The summed E-state index contributed by atoms with van der Waals surface area (Å²) in [5.74, 6) is -0.561. The van der Waals surface area contributed by atoms with Crippen molar-refractivity contribution in [2.75, 3.05) is 19.5 Å². The SMILES string of the molecule is C=C(CO)COC1=C(c2ccc(S(C)(=O)=O)cc2)C(C)(C)OC1=O. The molecule has 1 aliphatic heterocycles. The summed E-state index contributed by atoms with van der Waals surface area (Å²) in [7, 11) is -3.31. The molecule has 0 atom stereocenters. The number of aliphatic hydroxyl groups excluding tert-OH is 1. The van der Waals surface area contributed by atoms with Crippen LogP contribution in [0.3, 0.4) is 0 Å². The van der Waals surface area contributed by atoms with Crippen LogP contribution in [0.25, 0.3) is 5.57 Å². The Kier molecular flexibility index (Phi) is 4.87. The normalized spacial score (nSPS) is 16.9. The topological polar surface area (TPSA) is 89.9 Å². The molecule has 1 aromatic carbocycles. The monoisotopic (exact) mass is 352 g/mol. The Balaban J connectivity index is 2.46. The number of esters is 1. The lowest BCUT2D eigenvalue weighted by atomic mass is 9.92. The Labute approximate surface area is 141 Å². The number of ether oxygens (including phenoxy) is 2. The van der Waals surface area contributed by atoms with Crippen LogP contribution in [-0.4, -0.2) is 44.6 Å². The number of sulfone groups is 1. The highest BCUT2D eigenvalue weighted by atomic mass is 32.2. The van der Waals surface area contributed by atoms with Crippen LogP contribution >= 0.6 is 0 Å². The fraction of sp³-hybridized carbons (Fsp3) is 0.353. The second-order valence-corrected chi connectivity index (χ2v) is 8.11. The van der Waals surface area contributed by atoms with Crippen molar-refractivity contribution < 1.29 is 27.8 Å². The Bertz CT molecular complexity index is 800. The van der Waals surface area contributed by atoms with E-state index in [0.717, 1.165) is 6.26 Å². The maximum atomic E-state index is 12.1. The smallest absolute Gasteiger partial charge is 0.374 e. The molecule has 24 heavy (non-hydrogen) atoms. The standard InChI is InChI=1S/C17H20O6S/c1-11(9-18)10-22-15-14(17(2,3)23-16(15)19)12-5-7-13(8-6-12)24(4,20)21/h5-8,18H,1,9-10H2,2-4H3. The number of hydrogen-bond acceptors (Lipinski definition) is 6. The highest BCUT2D eigenvalue weighted by molar-refractivity contribution is 7.90. The third kappa shape index (κ3) is 3.68. The zero-order valence-electron chi connectivity index (χ0n) is 13.8. The van der Waals surface area contributed by atoms with Gasteiger partial charge < -0.3 is 14.6 Å². The summed E-state index contributed by atoms with van der Waals surface area (Å²) >= 11 is 0. The van der Waals surface area contributed by atoms with Crippen molar-refractivity contribution in [2.24, 2.45) is 0 Å². The van der Waals surface area contributed by atoms with Gasteiger partial charge in [0.25, 0.3) is 0 Å². The van der Waals surface area contributed by atoms with Crippen molar-refractivity contribution in [3.63, 3.8) is 0 Å². The maximum Gasteiger partial charge on any atom is 0.374 e. The van der Waals surface area contributed by atoms with E-state index in [0.29, 0.717) is 16.7 Å². The summed E-state index contributed by atoms with van der Waals surface area (Å²) in [5, 5.41) is 9.00. The van der Waals surface area contributed by atoms with E-state index in [4.69, 9.17) is 14.6 Å². The molecule has 1 aliphatic rings. The molecule has 7 heteroatoms. The highest BCUT2D eigenvalue weighted by Crippen LogP contribution is 2.40. The molecule has 0 aromatic heterocycles. The van der Waals surface area contributed by atoms with Gasteiger partial charge in [0.1, 0.15) is 12.2 Å². The van der Waals surface area contributed by atoms with Gasteiger partial charge in [-0.25, -0.2) is 13.2 Å². The van der Waals surface area contributed by atoms with Gasteiger partial charge in [0.2, 0.25) is 5.76 Å². The van der Waals surface area contributed by atoms with Gasteiger partial charge in [-0.05, 0) is 37.1 Å². The van der Waals surface area contributed by atoms with Gasteiger partial charge in [-0.15, -0.1) is 0 Å². The average Bonchev–Trinajstić information content (AvgIpc) is 2.72. The van der Waals surface area contributed by atoms with Crippen LogP contribution in [0.4, 0.5) is 0 Å². The van der Waals surface area contributed by atoms with E-state index in [9.17, 15) is 13.2 Å².